The summed E-state index contributed by atoms with van der Waals surface area (Å²) in [5.74, 6) is 1.63. The molecule has 0 fully saturated rings. The van der Waals surface area contributed by atoms with Crippen molar-refractivity contribution in [3.05, 3.63) is 48.0 Å². The van der Waals surface area contributed by atoms with Crippen LogP contribution in [-0.2, 0) is 6.42 Å². The lowest BCUT2D eigenvalue weighted by molar-refractivity contribution is 0.482. The van der Waals surface area contributed by atoms with Crippen molar-refractivity contribution in [1.29, 1.82) is 0 Å². The van der Waals surface area contributed by atoms with Gasteiger partial charge in [0.05, 0.1) is 11.4 Å². The molecule has 3 nitrogen and oxygen atoms in total. The molecule has 124 valence electrons. The van der Waals surface area contributed by atoms with Gasteiger partial charge in [0.1, 0.15) is 11.5 Å². The van der Waals surface area contributed by atoms with E-state index in [0.29, 0.717) is 0 Å². The van der Waals surface area contributed by atoms with E-state index in [4.69, 9.17) is 10.5 Å². The van der Waals surface area contributed by atoms with Crippen molar-refractivity contribution in [3.8, 4) is 11.5 Å². The molecule has 0 amide bonds. The fourth-order valence-electron chi connectivity index (χ4n) is 2.35. The van der Waals surface area contributed by atoms with Gasteiger partial charge in [0.2, 0.25) is 0 Å². The standard InChI is InChI=1S/C20H28N2O/c1-5-6-7-15-8-10-16(11-9-15)23-17-12-13-18(21)19(14-17)22-20(2,3)4/h8-14,22H,5-7,21H2,1-4H3. The highest BCUT2D eigenvalue weighted by Crippen LogP contribution is 2.30. The highest BCUT2D eigenvalue weighted by atomic mass is 16.5. The summed E-state index contributed by atoms with van der Waals surface area (Å²) in [5, 5.41) is 3.40. The first-order chi connectivity index (χ1) is 10.9. The molecule has 3 N–H and O–H groups in total. The van der Waals surface area contributed by atoms with E-state index in [0.717, 1.165) is 29.3 Å². The van der Waals surface area contributed by atoms with Gasteiger partial charge < -0.3 is 15.8 Å². The smallest absolute Gasteiger partial charge is 0.129 e. The first kappa shape index (κ1) is 17.2. The van der Waals surface area contributed by atoms with Crippen molar-refractivity contribution in [3.63, 3.8) is 0 Å². The Bertz CT molecular complexity index is 627. The van der Waals surface area contributed by atoms with E-state index < -0.39 is 0 Å². The topological polar surface area (TPSA) is 47.3 Å². The summed E-state index contributed by atoms with van der Waals surface area (Å²) in [6.45, 7) is 8.53. The van der Waals surface area contributed by atoms with Crippen molar-refractivity contribution in [2.24, 2.45) is 0 Å². The Kier molecular flexibility index (Phi) is 5.54. The van der Waals surface area contributed by atoms with Crippen LogP contribution < -0.4 is 15.8 Å². The molecule has 0 aromatic heterocycles. The number of aryl methyl sites for hydroxylation is 1. The minimum Gasteiger partial charge on any atom is -0.457 e. The zero-order valence-electron chi connectivity index (χ0n) is 14.6. The van der Waals surface area contributed by atoms with Crippen LogP contribution in [0.25, 0.3) is 0 Å². The number of nitrogens with one attached hydrogen (secondary N) is 1. The molecule has 0 aliphatic carbocycles. The van der Waals surface area contributed by atoms with Crippen LogP contribution >= 0.6 is 0 Å². The molecule has 0 spiro atoms. The summed E-state index contributed by atoms with van der Waals surface area (Å²) < 4.78 is 5.95. The van der Waals surface area contributed by atoms with E-state index in [2.05, 4.69) is 45.1 Å². The molecule has 0 bridgehead atoms. The lowest BCUT2D eigenvalue weighted by Crippen LogP contribution is -2.26. The Balaban J connectivity index is 2.09. The quantitative estimate of drug-likeness (QED) is 0.681. The van der Waals surface area contributed by atoms with Crippen LogP contribution in [0.15, 0.2) is 42.5 Å². The van der Waals surface area contributed by atoms with Gasteiger partial charge in [0.15, 0.2) is 0 Å². The zero-order valence-corrected chi connectivity index (χ0v) is 14.6. The summed E-state index contributed by atoms with van der Waals surface area (Å²) in [5.41, 5.74) is 8.97. The fraction of sp³-hybridized carbons (Fsp3) is 0.400. The Morgan fingerprint density at radius 1 is 1.00 bits per heavy atom. The summed E-state index contributed by atoms with van der Waals surface area (Å²) in [6.07, 6.45) is 3.56. The lowest BCUT2D eigenvalue weighted by atomic mass is 10.1. The molecule has 2 aromatic rings. The van der Waals surface area contributed by atoms with Crippen molar-refractivity contribution in [2.45, 2.75) is 52.5 Å². The van der Waals surface area contributed by atoms with E-state index in [1.165, 1.54) is 18.4 Å². The fourth-order valence-corrected chi connectivity index (χ4v) is 2.35. The molecule has 0 heterocycles. The van der Waals surface area contributed by atoms with Crippen LogP contribution in [-0.4, -0.2) is 5.54 Å². The Morgan fingerprint density at radius 2 is 1.65 bits per heavy atom. The van der Waals surface area contributed by atoms with Gasteiger partial charge in [-0.15, -0.1) is 0 Å². The van der Waals surface area contributed by atoms with Gasteiger partial charge in [-0.25, -0.2) is 0 Å². The highest BCUT2D eigenvalue weighted by Gasteiger charge is 2.12. The predicted molar refractivity (Wildman–Crippen MR) is 99.4 cm³/mol. The van der Waals surface area contributed by atoms with Crippen LogP contribution in [0.4, 0.5) is 11.4 Å². The second-order valence-electron chi connectivity index (χ2n) is 6.97. The third-order valence-corrected chi connectivity index (χ3v) is 3.51. The number of nitrogens with two attached hydrogens (primary N) is 1. The van der Waals surface area contributed by atoms with Crippen molar-refractivity contribution >= 4 is 11.4 Å². The third kappa shape index (κ3) is 5.51. The number of rotatable bonds is 6. The SMILES string of the molecule is CCCCc1ccc(Oc2ccc(N)c(NC(C)(C)C)c2)cc1. The number of hydrogen-bond acceptors (Lipinski definition) is 3. The summed E-state index contributed by atoms with van der Waals surface area (Å²) in [4.78, 5) is 0. The molecule has 2 rings (SSSR count). The monoisotopic (exact) mass is 312 g/mol. The Hall–Kier alpha value is -2.16. The van der Waals surface area contributed by atoms with Gasteiger partial charge >= 0.3 is 0 Å². The summed E-state index contributed by atoms with van der Waals surface area (Å²) >= 11 is 0. The first-order valence-electron chi connectivity index (χ1n) is 8.32. The van der Waals surface area contributed by atoms with Crippen LogP contribution in [0, 0.1) is 0 Å². The minimum absolute atomic E-state index is 0.0479. The molecule has 0 aliphatic rings. The summed E-state index contributed by atoms with van der Waals surface area (Å²) in [7, 11) is 0. The number of hydrogen-bond donors (Lipinski definition) is 2. The molecule has 0 unspecified atom stereocenters. The minimum atomic E-state index is -0.0479. The van der Waals surface area contributed by atoms with Crippen LogP contribution in [0.2, 0.25) is 0 Å². The molecule has 0 aliphatic heterocycles. The molecular formula is C20H28N2O. The second kappa shape index (κ2) is 7.40. The van der Waals surface area contributed by atoms with Gasteiger partial charge in [-0.3, -0.25) is 0 Å². The predicted octanol–water partition coefficient (Wildman–Crippen LogP) is 5.61. The molecular weight excluding hydrogens is 284 g/mol. The van der Waals surface area contributed by atoms with E-state index in [1.54, 1.807) is 0 Å². The average Bonchev–Trinajstić information content (AvgIpc) is 2.48. The molecule has 0 saturated carbocycles. The van der Waals surface area contributed by atoms with Gasteiger partial charge in [-0.1, -0.05) is 25.5 Å². The number of nitrogen functional groups attached to an aromatic ring is 1. The largest absolute Gasteiger partial charge is 0.457 e. The van der Waals surface area contributed by atoms with Crippen molar-refractivity contribution < 1.29 is 4.74 Å². The van der Waals surface area contributed by atoms with Crippen molar-refractivity contribution in [1.82, 2.24) is 0 Å². The van der Waals surface area contributed by atoms with Crippen LogP contribution in [0.1, 0.15) is 46.1 Å². The zero-order chi connectivity index (χ0) is 16.9. The number of unbranched alkanes of at least 4 members (excludes halogenated alkanes) is 1. The molecule has 0 saturated heterocycles. The first-order valence-corrected chi connectivity index (χ1v) is 8.32. The Labute approximate surface area is 139 Å². The molecule has 2 aromatic carbocycles. The number of anilines is 2. The second-order valence-corrected chi connectivity index (χ2v) is 6.97. The van der Waals surface area contributed by atoms with Crippen molar-refractivity contribution in [2.75, 3.05) is 11.1 Å². The molecule has 3 heteroatoms. The number of ether oxygens (including phenoxy) is 1. The van der Waals surface area contributed by atoms with E-state index in [1.807, 2.05) is 30.3 Å². The van der Waals surface area contributed by atoms with E-state index in [9.17, 15) is 0 Å². The molecule has 23 heavy (non-hydrogen) atoms. The Morgan fingerprint density at radius 3 is 2.26 bits per heavy atom. The normalized spacial score (nSPS) is 11.3. The van der Waals surface area contributed by atoms with Gasteiger partial charge in [0.25, 0.3) is 0 Å². The average molecular weight is 312 g/mol. The van der Waals surface area contributed by atoms with E-state index in [-0.39, 0.29) is 5.54 Å². The van der Waals surface area contributed by atoms with Crippen LogP contribution in [0.5, 0.6) is 11.5 Å². The van der Waals surface area contributed by atoms with Gasteiger partial charge in [-0.2, -0.15) is 0 Å². The maximum Gasteiger partial charge on any atom is 0.129 e. The maximum atomic E-state index is 6.04. The van der Waals surface area contributed by atoms with E-state index >= 15 is 0 Å². The highest BCUT2D eigenvalue weighted by molar-refractivity contribution is 5.69. The molecule has 0 radical (unpaired) electrons. The van der Waals surface area contributed by atoms with Crippen LogP contribution in [0.3, 0.4) is 0 Å². The van der Waals surface area contributed by atoms with Gasteiger partial charge in [-0.05, 0) is 63.4 Å². The molecule has 0 atom stereocenters. The van der Waals surface area contributed by atoms with Gasteiger partial charge in [0, 0.05) is 11.6 Å². The maximum absolute atomic E-state index is 6.04. The lowest BCUT2D eigenvalue weighted by Gasteiger charge is -2.23. The third-order valence-electron chi connectivity index (χ3n) is 3.51. The number of benzene rings is 2. The summed E-state index contributed by atoms with van der Waals surface area (Å²) in [6, 6.07) is 14.0.